The van der Waals surface area contributed by atoms with Gasteiger partial charge in [-0.25, -0.2) is 0 Å². The number of nitrogens with two attached hydrogens (primary N) is 1. The standard InChI is InChI=1S/C12H16N2OS/c13-11(9-4-2-1-3-5-9)12(15)14-10-6-7-16-8-10/h1-5,10-11H,6-8,13H2,(H,14,15)/t10?,11-/m0/s1. The summed E-state index contributed by atoms with van der Waals surface area (Å²) in [6.45, 7) is 0. The Morgan fingerprint density at radius 3 is 2.81 bits per heavy atom. The lowest BCUT2D eigenvalue weighted by molar-refractivity contribution is -0.123. The van der Waals surface area contributed by atoms with E-state index in [-0.39, 0.29) is 5.91 Å². The average Bonchev–Trinajstić information content (AvgIpc) is 2.82. The summed E-state index contributed by atoms with van der Waals surface area (Å²) >= 11 is 1.88. The van der Waals surface area contributed by atoms with Gasteiger partial charge in [0.05, 0.1) is 0 Å². The van der Waals surface area contributed by atoms with Gasteiger partial charge in [-0.2, -0.15) is 11.8 Å². The van der Waals surface area contributed by atoms with Crippen LogP contribution in [0.15, 0.2) is 30.3 Å². The van der Waals surface area contributed by atoms with Crippen LogP contribution in [0.3, 0.4) is 0 Å². The summed E-state index contributed by atoms with van der Waals surface area (Å²) in [4.78, 5) is 11.9. The van der Waals surface area contributed by atoms with Gasteiger partial charge in [-0.05, 0) is 17.7 Å². The van der Waals surface area contributed by atoms with E-state index in [9.17, 15) is 4.79 Å². The minimum Gasteiger partial charge on any atom is -0.351 e. The first-order chi connectivity index (χ1) is 7.77. The van der Waals surface area contributed by atoms with Gasteiger partial charge < -0.3 is 11.1 Å². The molecule has 0 aromatic heterocycles. The van der Waals surface area contributed by atoms with Crippen LogP contribution in [0.1, 0.15) is 18.0 Å². The highest BCUT2D eigenvalue weighted by atomic mass is 32.2. The summed E-state index contributed by atoms with van der Waals surface area (Å²) < 4.78 is 0. The predicted molar refractivity (Wildman–Crippen MR) is 67.2 cm³/mol. The molecule has 1 aromatic rings. The molecule has 1 unspecified atom stereocenters. The number of hydrogen-bond acceptors (Lipinski definition) is 3. The molecule has 2 rings (SSSR count). The van der Waals surface area contributed by atoms with Gasteiger partial charge in [0, 0.05) is 11.8 Å². The van der Waals surface area contributed by atoms with E-state index >= 15 is 0 Å². The van der Waals surface area contributed by atoms with Gasteiger partial charge in [0.2, 0.25) is 5.91 Å². The third-order valence-electron chi connectivity index (χ3n) is 2.72. The number of amides is 1. The van der Waals surface area contributed by atoms with Crippen molar-refractivity contribution < 1.29 is 4.79 Å². The van der Waals surface area contributed by atoms with E-state index in [4.69, 9.17) is 5.73 Å². The highest BCUT2D eigenvalue weighted by Gasteiger charge is 2.21. The van der Waals surface area contributed by atoms with E-state index in [2.05, 4.69) is 5.32 Å². The molecule has 0 bridgehead atoms. The van der Waals surface area contributed by atoms with Crippen molar-refractivity contribution in [2.24, 2.45) is 5.73 Å². The number of carbonyl (C=O) groups excluding carboxylic acids is 1. The van der Waals surface area contributed by atoms with E-state index in [1.807, 2.05) is 42.1 Å². The lowest BCUT2D eigenvalue weighted by Gasteiger charge is -2.16. The maximum absolute atomic E-state index is 11.9. The molecule has 1 saturated heterocycles. The summed E-state index contributed by atoms with van der Waals surface area (Å²) in [7, 11) is 0. The quantitative estimate of drug-likeness (QED) is 0.832. The summed E-state index contributed by atoms with van der Waals surface area (Å²) in [6.07, 6.45) is 1.05. The molecular weight excluding hydrogens is 220 g/mol. The molecule has 1 amide bonds. The van der Waals surface area contributed by atoms with Crippen molar-refractivity contribution >= 4 is 17.7 Å². The molecule has 0 saturated carbocycles. The summed E-state index contributed by atoms with van der Waals surface area (Å²) in [6, 6.07) is 9.23. The Labute approximate surface area is 99.8 Å². The van der Waals surface area contributed by atoms with Crippen LogP contribution in [-0.2, 0) is 4.79 Å². The van der Waals surface area contributed by atoms with Crippen molar-refractivity contribution in [1.29, 1.82) is 0 Å². The molecular formula is C12H16N2OS. The molecule has 0 spiro atoms. The van der Waals surface area contributed by atoms with Gasteiger partial charge in [-0.1, -0.05) is 30.3 Å². The Balaban J connectivity index is 1.94. The van der Waals surface area contributed by atoms with E-state index < -0.39 is 6.04 Å². The molecule has 4 heteroatoms. The second kappa shape index (κ2) is 5.37. The predicted octanol–water partition coefficient (Wildman–Crippen LogP) is 1.31. The van der Waals surface area contributed by atoms with Gasteiger partial charge >= 0.3 is 0 Å². The molecule has 1 fully saturated rings. The Kier molecular flexibility index (Phi) is 3.85. The van der Waals surface area contributed by atoms with Crippen LogP contribution in [0.2, 0.25) is 0 Å². The summed E-state index contributed by atoms with van der Waals surface area (Å²) in [5.41, 5.74) is 6.76. The van der Waals surface area contributed by atoms with Crippen LogP contribution < -0.4 is 11.1 Å². The maximum atomic E-state index is 11.9. The highest BCUT2D eigenvalue weighted by Crippen LogP contribution is 2.18. The molecule has 86 valence electrons. The molecule has 3 nitrogen and oxygen atoms in total. The van der Waals surface area contributed by atoms with Gasteiger partial charge in [0.15, 0.2) is 0 Å². The Morgan fingerprint density at radius 2 is 2.19 bits per heavy atom. The van der Waals surface area contributed by atoms with Crippen LogP contribution in [0, 0.1) is 0 Å². The van der Waals surface area contributed by atoms with E-state index in [0.29, 0.717) is 6.04 Å². The smallest absolute Gasteiger partial charge is 0.241 e. The van der Waals surface area contributed by atoms with Crippen LogP contribution in [-0.4, -0.2) is 23.5 Å². The zero-order valence-corrected chi connectivity index (χ0v) is 9.87. The number of rotatable bonds is 3. The first-order valence-electron chi connectivity index (χ1n) is 5.46. The van der Waals surface area contributed by atoms with Crippen molar-refractivity contribution in [2.75, 3.05) is 11.5 Å². The van der Waals surface area contributed by atoms with Crippen LogP contribution in [0.5, 0.6) is 0 Å². The van der Waals surface area contributed by atoms with Crippen molar-refractivity contribution in [3.8, 4) is 0 Å². The lowest BCUT2D eigenvalue weighted by atomic mass is 10.1. The van der Waals surface area contributed by atoms with Crippen LogP contribution >= 0.6 is 11.8 Å². The van der Waals surface area contributed by atoms with Gasteiger partial charge in [-0.3, -0.25) is 4.79 Å². The van der Waals surface area contributed by atoms with Crippen molar-refractivity contribution in [1.82, 2.24) is 5.32 Å². The fraction of sp³-hybridized carbons (Fsp3) is 0.417. The van der Waals surface area contributed by atoms with E-state index in [1.165, 1.54) is 0 Å². The first kappa shape index (κ1) is 11.5. The molecule has 0 radical (unpaired) electrons. The van der Waals surface area contributed by atoms with Crippen LogP contribution in [0.4, 0.5) is 0 Å². The van der Waals surface area contributed by atoms with Crippen molar-refractivity contribution in [3.63, 3.8) is 0 Å². The van der Waals surface area contributed by atoms with Gasteiger partial charge in [-0.15, -0.1) is 0 Å². The molecule has 2 atom stereocenters. The zero-order valence-electron chi connectivity index (χ0n) is 9.06. The SMILES string of the molecule is N[C@H](C(=O)NC1CCSC1)c1ccccc1. The molecule has 1 heterocycles. The number of thioether (sulfide) groups is 1. The molecule has 1 aliphatic rings. The lowest BCUT2D eigenvalue weighted by Crippen LogP contribution is -2.40. The summed E-state index contributed by atoms with van der Waals surface area (Å²) in [5.74, 6) is 2.07. The third-order valence-corrected chi connectivity index (χ3v) is 3.88. The Morgan fingerprint density at radius 1 is 1.44 bits per heavy atom. The topological polar surface area (TPSA) is 55.1 Å². The van der Waals surface area contributed by atoms with Crippen molar-refractivity contribution in [2.45, 2.75) is 18.5 Å². The van der Waals surface area contributed by atoms with E-state index in [1.54, 1.807) is 0 Å². The number of nitrogens with one attached hydrogen (secondary N) is 1. The second-order valence-corrected chi connectivity index (χ2v) is 5.11. The Bertz CT molecular complexity index is 349. The monoisotopic (exact) mass is 236 g/mol. The molecule has 0 aliphatic carbocycles. The fourth-order valence-corrected chi connectivity index (χ4v) is 2.90. The highest BCUT2D eigenvalue weighted by molar-refractivity contribution is 7.99. The number of benzene rings is 1. The van der Waals surface area contributed by atoms with E-state index in [0.717, 1.165) is 23.5 Å². The normalized spacial score (nSPS) is 21.7. The largest absolute Gasteiger partial charge is 0.351 e. The van der Waals surface area contributed by atoms with Gasteiger partial charge in [0.25, 0.3) is 0 Å². The third kappa shape index (κ3) is 2.77. The average molecular weight is 236 g/mol. The zero-order chi connectivity index (χ0) is 11.4. The molecule has 16 heavy (non-hydrogen) atoms. The minimum absolute atomic E-state index is 0.0706. The van der Waals surface area contributed by atoms with Crippen LogP contribution in [0.25, 0.3) is 0 Å². The summed E-state index contributed by atoms with van der Waals surface area (Å²) in [5, 5.41) is 2.99. The molecule has 3 N–H and O–H groups in total. The van der Waals surface area contributed by atoms with Gasteiger partial charge in [0.1, 0.15) is 6.04 Å². The molecule has 1 aliphatic heterocycles. The maximum Gasteiger partial charge on any atom is 0.241 e. The fourth-order valence-electron chi connectivity index (χ4n) is 1.75. The first-order valence-corrected chi connectivity index (χ1v) is 6.61. The number of carbonyl (C=O) groups is 1. The second-order valence-electron chi connectivity index (χ2n) is 3.96. The minimum atomic E-state index is -0.549. The Hall–Kier alpha value is -1.00. The molecule has 1 aromatic carbocycles. The number of hydrogen-bond donors (Lipinski definition) is 2. The van der Waals surface area contributed by atoms with Crippen molar-refractivity contribution in [3.05, 3.63) is 35.9 Å².